The van der Waals surface area contributed by atoms with Gasteiger partial charge in [0.25, 0.3) is 5.91 Å². The Hall–Kier alpha value is -3.28. The monoisotopic (exact) mass is 494 g/mol. The summed E-state index contributed by atoms with van der Waals surface area (Å²) in [5.74, 6) is -3.09. The van der Waals surface area contributed by atoms with Gasteiger partial charge in [0.05, 0.1) is 18.1 Å². The molecule has 0 aliphatic carbocycles. The topological polar surface area (TPSA) is 106 Å². The number of amides is 1. The number of aliphatic hydroxyl groups is 1. The molecular weight excluding hydrogens is 473 g/mol. The van der Waals surface area contributed by atoms with E-state index in [1.807, 2.05) is 0 Å². The molecule has 3 rings (SSSR count). The largest absolute Gasteiger partial charge is 0.394 e. The van der Waals surface area contributed by atoms with Gasteiger partial charge in [-0.25, -0.2) is 21.6 Å². The second kappa shape index (κ2) is 10.8. The van der Waals surface area contributed by atoms with Gasteiger partial charge in [-0.15, -0.1) is 0 Å². The molecule has 1 unspecified atom stereocenters. The van der Waals surface area contributed by atoms with Gasteiger partial charge in [0.1, 0.15) is 35.1 Å². The van der Waals surface area contributed by atoms with Crippen molar-refractivity contribution >= 4 is 15.7 Å². The van der Waals surface area contributed by atoms with Gasteiger partial charge in [-0.3, -0.25) is 9.78 Å². The number of carbonyl (C=O) groups excluding carboxylic acids is 1. The average molecular weight is 494 g/mol. The first kappa shape index (κ1) is 25.3. The van der Waals surface area contributed by atoms with Crippen LogP contribution >= 0.6 is 0 Å². The predicted octanol–water partition coefficient (Wildman–Crippen LogP) is 3.07. The van der Waals surface area contributed by atoms with Crippen molar-refractivity contribution in [2.24, 2.45) is 0 Å². The number of sulfone groups is 1. The smallest absolute Gasteiger partial charge is 0.271 e. The molecule has 34 heavy (non-hydrogen) atoms. The number of rotatable bonds is 9. The lowest BCUT2D eigenvalue weighted by Crippen LogP contribution is -2.28. The number of carbonyl (C=O) groups is 1. The summed E-state index contributed by atoms with van der Waals surface area (Å²) in [7, 11) is -4.40. The molecule has 0 aliphatic rings. The van der Waals surface area contributed by atoms with E-state index in [0.29, 0.717) is 0 Å². The number of hydrogen-bond acceptors (Lipinski definition) is 6. The zero-order valence-corrected chi connectivity index (χ0v) is 18.8. The minimum Gasteiger partial charge on any atom is -0.394 e. The highest BCUT2D eigenvalue weighted by Gasteiger charge is 2.35. The second-order valence-electron chi connectivity index (χ2n) is 7.25. The summed E-state index contributed by atoms with van der Waals surface area (Å²) in [6, 6.07) is 7.72. The van der Waals surface area contributed by atoms with E-state index < -0.39 is 44.0 Å². The van der Waals surface area contributed by atoms with E-state index in [9.17, 15) is 26.4 Å². The summed E-state index contributed by atoms with van der Waals surface area (Å²) in [4.78, 5) is 16.0. The van der Waals surface area contributed by atoms with Crippen molar-refractivity contribution in [1.82, 2.24) is 10.3 Å². The molecule has 0 fully saturated rings. The molecule has 0 saturated carbocycles. The van der Waals surface area contributed by atoms with Crippen molar-refractivity contribution in [3.63, 3.8) is 0 Å². The number of nitrogens with one attached hydrogen (secondary N) is 1. The lowest BCUT2D eigenvalue weighted by atomic mass is 10.0. The fourth-order valence-corrected chi connectivity index (χ4v) is 5.17. The maximum Gasteiger partial charge on any atom is 0.271 e. The molecule has 2 N–H and O–H groups in total. The van der Waals surface area contributed by atoms with E-state index in [1.165, 1.54) is 13.0 Å². The van der Waals surface area contributed by atoms with Crippen LogP contribution in [0.2, 0.25) is 0 Å². The molecule has 0 aliphatic heterocycles. The van der Waals surface area contributed by atoms with Crippen LogP contribution in [0.5, 0.6) is 0 Å². The number of benzene rings is 2. The molecule has 1 amide bonds. The number of aryl methyl sites for hydroxylation is 1. The molecule has 1 atom stereocenters. The Kier molecular flexibility index (Phi) is 8.02. The normalized spacial score (nSPS) is 12.4. The molecule has 0 bridgehead atoms. The quantitative estimate of drug-likeness (QED) is 0.269. The number of pyridine rings is 1. The number of ether oxygens (including phenoxy) is 1. The molecule has 1 aromatic heterocycles. The minimum atomic E-state index is -4.40. The Labute approximate surface area is 194 Å². The van der Waals surface area contributed by atoms with E-state index in [2.05, 4.69) is 10.3 Å². The summed E-state index contributed by atoms with van der Waals surface area (Å²) in [6.45, 7) is 1.12. The zero-order chi connectivity index (χ0) is 24.9. The lowest BCUT2D eigenvalue weighted by molar-refractivity contribution is 0.0660. The second-order valence-corrected chi connectivity index (χ2v) is 9.29. The van der Waals surface area contributed by atoms with Gasteiger partial charge in [0.15, 0.2) is 9.84 Å². The highest BCUT2D eigenvalue weighted by molar-refractivity contribution is 7.92. The van der Waals surface area contributed by atoms with Crippen molar-refractivity contribution < 1.29 is 36.2 Å². The third-order valence-corrected chi connectivity index (χ3v) is 6.99. The van der Waals surface area contributed by atoms with Gasteiger partial charge in [0, 0.05) is 11.8 Å². The van der Waals surface area contributed by atoms with Crippen molar-refractivity contribution in [3.05, 3.63) is 94.6 Å². The summed E-state index contributed by atoms with van der Waals surface area (Å²) in [5.41, 5.74) is -0.229. The Bertz CT molecular complexity index is 1280. The molecule has 0 saturated heterocycles. The van der Waals surface area contributed by atoms with Crippen LogP contribution in [0.3, 0.4) is 0 Å². The molecule has 1 heterocycles. The number of halogens is 3. The Balaban J connectivity index is 2.08. The summed E-state index contributed by atoms with van der Waals surface area (Å²) < 4.78 is 74.1. The first-order valence-electron chi connectivity index (χ1n) is 10.0. The highest BCUT2D eigenvalue weighted by atomic mass is 32.2. The van der Waals surface area contributed by atoms with Crippen LogP contribution in [-0.4, -0.2) is 44.4 Å². The number of aliphatic hydroxyl groups excluding tert-OH is 1. The average Bonchev–Trinajstić information content (AvgIpc) is 2.80. The molecule has 0 radical (unpaired) electrons. The van der Waals surface area contributed by atoms with Crippen molar-refractivity contribution in [1.29, 1.82) is 0 Å². The highest BCUT2D eigenvalue weighted by Crippen LogP contribution is 2.38. The van der Waals surface area contributed by atoms with Crippen LogP contribution in [0, 0.1) is 24.4 Å². The Morgan fingerprint density at radius 3 is 2.38 bits per heavy atom. The van der Waals surface area contributed by atoms with E-state index in [0.717, 1.165) is 48.7 Å². The van der Waals surface area contributed by atoms with E-state index in [-0.39, 0.29) is 41.7 Å². The zero-order valence-electron chi connectivity index (χ0n) is 18.0. The summed E-state index contributed by atoms with van der Waals surface area (Å²) in [6.07, 6.45) is 1.11. The maximum absolute atomic E-state index is 14.7. The van der Waals surface area contributed by atoms with Crippen LogP contribution in [0.1, 0.15) is 32.4 Å². The van der Waals surface area contributed by atoms with Crippen LogP contribution in [0.25, 0.3) is 0 Å². The van der Waals surface area contributed by atoms with Gasteiger partial charge >= 0.3 is 0 Å². The van der Waals surface area contributed by atoms with Gasteiger partial charge in [-0.2, -0.15) is 0 Å². The third-order valence-electron chi connectivity index (χ3n) is 4.93. The number of hydrogen-bond donors (Lipinski definition) is 2. The van der Waals surface area contributed by atoms with Crippen LogP contribution in [0.15, 0.2) is 59.6 Å². The molecule has 2 aromatic carbocycles. The van der Waals surface area contributed by atoms with Gasteiger partial charge < -0.3 is 15.2 Å². The van der Waals surface area contributed by atoms with Gasteiger partial charge in [-0.1, -0.05) is 0 Å². The molecule has 7 nitrogen and oxygen atoms in total. The Morgan fingerprint density at radius 2 is 1.74 bits per heavy atom. The van der Waals surface area contributed by atoms with E-state index in [4.69, 9.17) is 9.84 Å². The third kappa shape index (κ3) is 5.61. The van der Waals surface area contributed by atoms with Gasteiger partial charge in [0.2, 0.25) is 0 Å². The first-order valence-corrected chi connectivity index (χ1v) is 11.6. The minimum absolute atomic E-state index is 0.0157. The molecule has 11 heteroatoms. The number of aromatic nitrogens is 1. The van der Waals surface area contributed by atoms with Crippen molar-refractivity contribution in [3.8, 4) is 0 Å². The van der Waals surface area contributed by atoms with Crippen molar-refractivity contribution in [2.75, 3.05) is 19.9 Å². The lowest BCUT2D eigenvalue weighted by Gasteiger charge is -2.21. The first-order chi connectivity index (χ1) is 16.1. The maximum atomic E-state index is 14.7. The summed E-state index contributed by atoms with van der Waals surface area (Å²) >= 11 is 0. The fraction of sp³-hybridized carbons (Fsp3) is 0.217. The van der Waals surface area contributed by atoms with E-state index >= 15 is 0 Å². The van der Waals surface area contributed by atoms with Crippen LogP contribution in [-0.2, 0) is 14.6 Å². The van der Waals surface area contributed by atoms with Crippen LogP contribution in [0.4, 0.5) is 13.2 Å². The molecule has 0 spiro atoms. The molecular formula is C23H21F3N2O5S. The molecule has 180 valence electrons. The van der Waals surface area contributed by atoms with E-state index in [1.54, 1.807) is 0 Å². The van der Waals surface area contributed by atoms with Gasteiger partial charge in [-0.05, 0) is 66.6 Å². The SMILES string of the molecule is Cc1cc(C(=O)NCOCCO)ncc1C(c1cc(F)ccc1F)S(=O)(=O)c1ccc(F)cc1. The predicted molar refractivity (Wildman–Crippen MR) is 116 cm³/mol. The number of nitrogens with zero attached hydrogens (tertiary/aromatic N) is 1. The summed E-state index contributed by atoms with van der Waals surface area (Å²) in [5, 5.41) is 9.40. The van der Waals surface area contributed by atoms with Crippen LogP contribution < -0.4 is 5.32 Å². The molecule has 3 aromatic rings. The Morgan fingerprint density at radius 1 is 1.06 bits per heavy atom. The standard InChI is InChI=1S/C23H21F3N2O5S/c1-14-10-21(23(30)28-13-33-9-8-29)27-12-19(14)22(18-11-16(25)4-7-20(18)26)34(31,32)17-5-2-15(24)3-6-17/h2-7,10-12,22,29H,8-9,13H2,1H3,(H,28,30). The van der Waals surface area contributed by atoms with Crippen molar-refractivity contribution in [2.45, 2.75) is 17.1 Å². The fourth-order valence-electron chi connectivity index (χ4n) is 3.29.